The number of nitrogens with zero attached hydrogens (tertiary/aromatic N) is 1. The normalized spacial score (nSPS) is 29.4. The third-order valence-corrected chi connectivity index (χ3v) is 4.36. The number of piperidine rings is 1. The standard InChI is InChI=1S/C13H20F3NO/c14-13(15,16)11-4-3-7-17(8-11)9-12(10-18)5-1-2-6-12/h10-11H,1-9H2. The van der Waals surface area contributed by atoms with E-state index < -0.39 is 12.1 Å². The molecule has 1 unspecified atom stereocenters. The number of aldehydes is 1. The molecular weight excluding hydrogens is 243 g/mol. The van der Waals surface area contributed by atoms with Crippen molar-refractivity contribution in [3.8, 4) is 0 Å². The molecule has 0 aromatic rings. The van der Waals surface area contributed by atoms with Gasteiger partial charge in [-0.2, -0.15) is 13.2 Å². The van der Waals surface area contributed by atoms with Crippen molar-refractivity contribution in [1.82, 2.24) is 4.90 Å². The molecule has 0 radical (unpaired) electrons. The predicted octanol–water partition coefficient (Wildman–Crippen LogP) is 3.02. The highest BCUT2D eigenvalue weighted by Gasteiger charge is 2.43. The molecule has 2 rings (SSSR count). The summed E-state index contributed by atoms with van der Waals surface area (Å²) in [6.45, 7) is 1.28. The smallest absolute Gasteiger partial charge is 0.303 e. The number of alkyl halides is 3. The van der Waals surface area contributed by atoms with Crippen LogP contribution in [0.25, 0.3) is 0 Å². The number of carbonyl (C=O) groups is 1. The fraction of sp³-hybridized carbons (Fsp3) is 0.923. The molecule has 1 saturated carbocycles. The first-order chi connectivity index (χ1) is 8.45. The SMILES string of the molecule is O=CC1(CN2CCCC(C(F)(F)F)C2)CCCC1. The van der Waals surface area contributed by atoms with Gasteiger partial charge in [-0.3, -0.25) is 0 Å². The van der Waals surface area contributed by atoms with Crippen LogP contribution in [-0.4, -0.2) is 37.0 Å². The summed E-state index contributed by atoms with van der Waals surface area (Å²) >= 11 is 0. The molecule has 0 spiro atoms. The van der Waals surface area contributed by atoms with Crippen LogP contribution in [0.4, 0.5) is 13.2 Å². The van der Waals surface area contributed by atoms with Crippen molar-refractivity contribution in [2.24, 2.45) is 11.3 Å². The van der Waals surface area contributed by atoms with E-state index in [1.54, 1.807) is 0 Å². The monoisotopic (exact) mass is 263 g/mol. The Labute approximate surface area is 106 Å². The first kappa shape index (κ1) is 13.8. The highest BCUT2D eigenvalue weighted by molar-refractivity contribution is 5.60. The van der Waals surface area contributed by atoms with Gasteiger partial charge < -0.3 is 9.69 Å². The van der Waals surface area contributed by atoms with E-state index in [4.69, 9.17) is 0 Å². The predicted molar refractivity (Wildman–Crippen MR) is 62.2 cm³/mol. The van der Waals surface area contributed by atoms with Gasteiger partial charge in [0.1, 0.15) is 6.29 Å². The largest absolute Gasteiger partial charge is 0.393 e. The van der Waals surface area contributed by atoms with E-state index in [1.807, 2.05) is 4.90 Å². The van der Waals surface area contributed by atoms with Gasteiger partial charge in [0.2, 0.25) is 0 Å². The summed E-state index contributed by atoms with van der Waals surface area (Å²) < 4.78 is 38.1. The molecule has 2 nitrogen and oxygen atoms in total. The number of hydrogen-bond donors (Lipinski definition) is 0. The van der Waals surface area contributed by atoms with Crippen LogP contribution in [-0.2, 0) is 4.79 Å². The molecule has 1 atom stereocenters. The second kappa shape index (κ2) is 5.19. The summed E-state index contributed by atoms with van der Waals surface area (Å²) in [5, 5.41) is 0. The average Bonchev–Trinajstić information content (AvgIpc) is 2.77. The number of halogens is 3. The molecule has 2 aliphatic rings. The van der Waals surface area contributed by atoms with E-state index in [0.29, 0.717) is 19.5 Å². The highest BCUT2D eigenvalue weighted by Crippen LogP contribution is 2.39. The molecule has 5 heteroatoms. The minimum absolute atomic E-state index is 0.0685. The lowest BCUT2D eigenvalue weighted by atomic mass is 9.86. The van der Waals surface area contributed by atoms with Gasteiger partial charge in [-0.05, 0) is 32.2 Å². The van der Waals surface area contributed by atoms with E-state index >= 15 is 0 Å². The topological polar surface area (TPSA) is 20.3 Å². The van der Waals surface area contributed by atoms with Crippen molar-refractivity contribution in [2.75, 3.05) is 19.6 Å². The zero-order valence-electron chi connectivity index (χ0n) is 10.5. The van der Waals surface area contributed by atoms with Crippen LogP contribution >= 0.6 is 0 Å². The summed E-state index contributed by atoms with van der Waals surface area (Å²) in [4.78, 5) is 13.1. The fourth-order valence-electron chi connectivity index (χ4n) is 3.30. The van der Waals surface area contributed by atoms with Gasteiger partial charge >= 0.3 is 6.18 Å². The van der Waals surface area contributed by atoms with Crippen LogP contribution in [0.5, 0.6) is 0 Å². The van der Waals surface area contributed by atoms with Gasteiger partial charge in [-0.1, -0.05) is 12.8 Å². The summed E-state index contributed by atoms with van der Waals surface area (Å²) in [5.41, 5.74) is -0.368. The van der Waals surface area contributed by atoms with Crippen molar-refractivity contribution < 1.29 is 18.0 Å². The van der Waals surface area contributed by atoms with Crippen LogP contribution in [0.2, 0.25) is 0 Å². The summed E-state index contributed by atoms with van der Waals surface area (Å²) in [6.07, 6.45) is 1.42. The van der Waals surface area contributed by atoms with Gasteiger partial charge in [-0.25, -0.2) is 0 Å². The van der Waals surface area contributed by atoms with Crippen molar-refractivity contribution in [1.29, 1.82) is 0 Å². The lowest BCUT2D eigenvalue weighted by Crippen LogP contribution is -2.46. The van der Waals surface area contributed by atoms with E-state index in [0.717, 1.165) is 32.0 Å². The van der Waals surface area contributed by atoms with Crippen LogP contribution < -0.4 is 0 Å². The molecule has 0 bridgehead atoms. The fourth-order valence-corrected chi connectivity index (χ4v) is 3.30. The van der Waals surface area contributed by atoms with E-state index in [1.165, 1.54) is 0 Å². The second-order valence-corrected chi connectivity index (χ2v) is 5.80. The third kappa shape index (κ3) is 3.05. The number of carbonyl (C=O) groups excluding carboxylic acids is 1. The van der Waals surface area contributed by atoms with Gasteiger partial charge in [0.15, 0.2) is 0 Å². The van der Waals surface area contributed by atoms with Crippen molar-refractivity contribution in [3.63, 3.8) is 0 Å². The number of hydrogen-bond acceptors (Lipinski definition) is 2. The Bertz CT molecular complexity index is 297. The summed E-state index contributed by atoms with van der Waals surface area (Å²) in [5.74, 6) is -1.21. The Morgan fingerprint density at radius 1 is 1.22 bits per heavy atom. The van der Waals surface area contributed by atoms with Gasteiger partial charge in [0, 0.05) is 18.5 Å². The van der Waals surface area contributed by atoms with E-state index in [9.17, 15) is 18.0 Å². The maximum Gasteiger partial charge on any atom is 0.393 e. The summed E-state index contributed by atoms with van der Waals surface area (Å²) in [6, 6.07) is 0. The van der Waals surface area contributed by atoms with E-state index in [-0.39, 0.29) is 18.4 Å². The van der Waals surface area contributed by atoms with Crippen LogP contribution in [0, 0.1) is 11.3 Å². The van der Waals surface area contributed by atoms with Gasteiger partial charge in [0.05, 0.1) is 5.92 Å². The lowest BCUT2D eigenvalue weighted by molar-refractivity contribution is -0.187. The Morgan fingerprint density at radius 2 is 1.89 bits per heavy atom. The second-order valence-electron chi connectivity index (χ2n) is 5.80. The molecule has 2 fully saturated rings. The Balaban J connectivity index is 1.95. The van der Waals surface area contributed by atoms with Crippen LogP contribution in [0.3, 0.4) is 0 Å². The van der Waals surface area contributed by atoms with Crippen LogP contribution in [0.1, 0.15) is 38.5 Å². The zero-order chi connectivity index (χ0) is 13.2. The Morgan fingerprint density at radius 3 is 2.44 bits per heavy atom. The summed E-state index contributed by atoms with van der Waals surface area (Å²) in [7, 11) is 0. The zero-order valence-corrected chi connectivity index (χ0v) is 10.5. The average molecular weight is 263 g/mol. The van der Waals surface area contributed by atoms with Crippen LogP contribution in [0.15, 0.2) is 0 Å². The minimum Gasteiger partial charge on any atom is -0.303 e. The molecule has 0 N–H and O–H groups in total. The first-order valence-corrected chi connectivity index (χ1v) is 6.71. The molecule has 0 aromatic heterocycles. The maximum atomic E-state index is 12.7. The lowest BCUT2D eigenvalue weighted by Gasteiger charge is -2.37. The molecule has 104 valence electrons. The minimum atomic E-state index is -4.09. The molecule has 1 heterocycles. The molecular formula is C13H20F3NO. The molecule has 0 aromatic carbocycles. The van der Waals surface area contributed by atoms with Crippen molar-refractivity contribution in [2.45, 2.75) is 44.7 Å². The highest BCUT2D eigenvalue weighted by atomic mass is 19.4. The van der Waals surface area contributed by atoms with E-state index in [2.05, 4.69) is 0 Å². The Kier molecular flexibility index (Phi) is 3.99. The molecule has 1 aliphatic carbocycles. The third-order valence-electron chi connectivity index (χ3n) is 4.36. The van der Waals surface area contributed by atoms with Crippen molar-refractivity contribution in [3.05, 3.63) is 0 Å². The van der Waals surface area contributed by atoms with Gasteiger partial charge in [0.25, 0.3) is 0 Å². The molecule has 0 amide bonds. The molecule has 18 heavy (non-hydrogen) atoms. The maximum absolute atomic E-state index is 12.7. The number of rotatable bonds is 3. The Hall–Kier alpha value is -0.580. The quantitative estimate of drug-likeness (QED) is 0.729. The molecule has 1 saturated heterocycles. The van der Waals surface area contributed by atoms with Gasteiger partial charge in [-0.15, -0.1) is 0 Å². The number of likely N-dealkylation sites (tertiary alicyclic amines) is 1. The molecule has 1 aliphatic heterocycles. The van der Waals surface area contributed by atoms with Crippen molar-refractivity contribution >= 4 is 6.29 Å². The first-order valence-electron chi connectivity index (χ1n) is 6.71.